The van der Waals surface area contributed by atoms with Crippen molar-refractivity contribution in [3.63, 3.8) is 0 Å². The SMILES string of the molecule is c1cnc2c(c1)nc(C1CCCCN1)n2CC1CCCSC1. The van der Waals surface area contributed by atoms with E-state index in [1.54, 1.807) is 0 Å². The Bertz CT molecular complexity index is 627. The van der Waals surface area contributed by atoms with Crippen LogP contribution in [0, 0.1) is 5.92 Å². The van der Waals surface area contributed by atoms with Crippen molar-refractivity contribution < 1.29 is 0 Å². The summed E-state index contributed by atoms with van der Waals surface area (Å²) in [5.41, 5.74) is 2.12. The Balaban J connectivity index is 1.69. The van der Waals surface area contributed by atoms with Crippen molar-refractivity contribution in [3.8, 4) is 0 Å². The zero-order valence-corrected chi connectivity index (χ0v) is 13.8. The molecule has 2 aliphatic heterocycles. The summed E-state index contributed by atoms with van der Waals surface area (Å²) in [5.74, 6) is 4.59. The van der Waals surface area contributed by atoms with Gasteiger partial charge in [0.1, 0.15) is 11.3 Å². The van der Waals surface area contributed by atoms with Crippen molar-refractivity contribution in [1.82, 2.24) is 19.9 Å². The number of piperidine rings is 1. The second kappa shape index (κ2) is 6.59. The van der Waals surface area contributed by atoms with Gasteiger partial charge in [-0.25, -0.2) is 9.97 Å². The van der Waals surface area contributed by atoms with Gasteiger partial charge in [0.15, 0.2) is 5.65 Å². The Morgan fingerprint density at radius 2 is 2.27 bits per heavy atom. The molecule has 2 aromatic rings. The predicted molar refractivity (Wildman–Crippen MR) is 92.2 cm³/mol. The fourth-order valence-corrected chi connectivity index (χ4v) is 4.85. The molecule has 0 saturated carbocycles. The highest BCUT2D eigenvalue weighted by Crippen LogP contribution is 2.29. The van der Waals surface area contributed by atoms with E-state index in [0.717, 1.165) is 30.2 Å². The molecule has 1 N–H and O–H groups in total. The molecule has 22 heavy (non-hydrogen) atoms. The van der Waals surface area contributed by atoms with Crippen LogP contribution in [-0.4, -0.2) is 32.6 Å². The van der Waals surface area contributed by atoms with E-state index >= 15 is 0 Å². The van der Waals surface area contributed by atoms with E-state index < -0.39 is 0 Å². The second-order valence-corrected chi connectivity index (χ2v) is 7.66. The maximum absolute atomic E-state index is 4.93. The minimum atomic E-state index is 0.402. The number of pyridine rings is 1. The minimum absolute atomic E-state index is 0.402. The smallest absolute Gasteiger partial charge is 0.160 e. The zero-order valence-electron chi connectivity index (χ0n) is 13.0. The minimum Gasteiger partial charge on any atom is -0.311 e. The van der Waals surface area contributed by atoms with E-state index in [9.17, 15) is 0 Å². The van der Waals surface area contributed by atoms with E-state index in [1.165, 1.54) is 49.4 Å². The number of hydrogen-bond donors (Lipinski definition) is 1. The van der Waals surface area contributed by atoms with Crippen LogP contribution in [0.2, 0.25) is 0 Å². The quantitative estimate of drug-likeness (QED) is 0.942. The molecule has 4 rings (SSSR count). The third-order valence-electron chi connectivity index (χ3n) is 4.85. The van der Waals surface area contributed by atoms with Gasteiger partial charge < -0.3 is 9.88 Å². The highest BCUT2D eigenvalue weighted by atomic mass is 32.2. The van der Waals surface area contributed by atoms with Crippen LogP contribution in [0.1, 0.15) is 44.0 Å². The molecule has 2 atom stereocenters. The monoisotopic (exact) mass is 316 g/mol. The maximum Gasteiger partial charge on any atom is 0.160 e. The summed E-state index contributed by atoms with van der Waals surface area (Å²) in [6.07, 6.45) is 8.38. The Labute approximate surface area is 136 Å². The molecule has 2 aliphatic rings. The van der Waals surface area contributed by atoms with Crippen LogP contribution in [-0.2, 0) is 6.54 Å². The Kier molecular flexibility index (Phi) is 4.35. The second-order valence-electron chi connectivity index (χ2n) is 6.51. The molecule has 118 valence electrons. The van der Waals surface area contributed by atoms with Gasteiger partial charge in [0.2, 0.25) is 0 Å². The predicted octanol–water partition coefficient (Wildman–Crippen LogP) is 3.39. The highest BCUT2D eigenvalue weighted by molar-refractivity contribution is 7.99. The van der Waals surface area contributed by atoms with Crippen molar-refractivity contribution >= 4 is 22.9 Å². The van der Waals surface area contributed by atoms with Gasteiger partial charge in [-0.3, -0.25) is 0 Å². The van der Waals surface area contributed by atoms with E-state index in [-0.39, 0.29) is 0 Å². The van der Waals surface area contributed by atoms with Crippen LogP contribution in [0.25, 0.3) is 11.2 Å². The number of imidazole rings is 1. The molecule has 0 amide bonds. The number of thioether (sulfide) groups is 1. The van der Waals surface area contributed by atoms with Crippen LogP contribution in [0.3, 0.4) is 0 Å². The molecule has 2 fully saturated rings. The third kappa shape index (κ3) is 2.88. The maximum atomic E-state index is 4.93. The number of fused-ring (bicyclic) bond motifs is 1. The molecule has 5 heteroatoms. The van der Waals surface area contributed by atoms with Gasteiger partial charge in [0.05, 0.1) is 6.04 Å². The molecule has 0 spiro atoms. The van der Waals surface area contributed by atoms with Crippen molar-refractivity contribution in [2.24, 2.45) is 5.92 Å². The first-order valence-corrected chi connectivity index (χ1v) is 9.69. The van der Waals surface area contributed by atoms with E-state index in [1.807, 2.05) is 12.3 Å². The first kappa shape index (κ1) is 14.5. The summed E-state index contributed by atoms with van der Waals surface area (Å²) in [6, 6.07) is 4.49. The molecule has 0 aromatic carbocycles. The van der Waals surface area contributed by atoms with Crippen LogP contribution >= 0.6 is 11.8 Å². The summed E-state index contributed by atoms with van der Waals surface area (Å²) in [5, 5.41) is 3.66. The third-order valence-corrected chi connectivity index (χ3v) is 6.14. The number of rotatable bonds is 3. The summed E-state index contributed by atoms with van der Waals surface area (Å²) in [6.45, 7) is 2.19. The van der Waals surface area contributed by atoms with Crippen LogP contribution in [0.15, 0.2) is 18.3 Å². The Morgan fingerprint density at radius 3 is 3.09 bits per heavy atom. The van der Waals surface area contributed by atoms with Gasteiger partial charge in [-0.1, -0.05) is 6.42 Å². The number of hydrogen-bond acceptors (Lipinski definition) is 4. The molecule has 4 heterocycles. The van der Waals surface area contributed by atoms with E-state index in [4.69, 9.17) is 4.98 Å². The largest absolute Gasteiger partial charge is 0.311 e. The molecule has 2 saturated heterocycles. The number of nitrogens with one attached hydrogen (secondary N) is 1. The summed E-state index contributed by atoms with van der Waals surface area (Å²) < 4.78 is 2.41. The fourth-order valence-electron chi connectivity index (χ4n) is 3.70. The van der Waals surface area contributed by atoms with E-state index in [0.29, 0.717) is 6.04 Å². The molecular weight excluding hydrogens is 292 g/mol. The molecule has 2 aromatic heterocycles. The van der Waals surface area contributed by atoms with Gasteiger partial charge >= 0.3 is 0 Å². The standard InChI is InChI=1S/C17H24N4S/c1-2-8-18-14(6-1)17-20-15-7-3-9-19-16(15)21(17)11-13-5-4-10-22-12-13/h3,7,9,13-14,18H,1-2,4-6,8,10-12H2. The fraction of sp³-hybridized carbons (Fsp3) is 0.647. The highest BCUT2D eigenvalue weighted by Gasteiger charge is 2.24. The molecule has 2 unspecified atom stereocenters. The lowest BCUT2D eigenvalue weighted by atomic mass is 10.0. The van der Waals surface area contributed by atoms with Gasteiger partial charge in [0.25, 0.3) is 0 Å². The van der Waals surface area contributed by atoms with Gasteiger partial charge in [-0.15, -0.1) is 0 Å². The van der Waals surface area contributed by atoms with Crippen molar-refractivity contribution in [2.45, 2.75) is 44.7 Å². The molecular formula is C17H24N4S. The Morgan fingerprint density at radius 1 is 1.27 bits per heavy atom. The average Bonchev–Trinajstić information content (AvgIpc) is 2.95. The number of nitrogens with zero attached hydrogens (tertiary/aromatic N) is 3. The van der Waals surface area contributed by atoms with Crippen LogP contribution < -0.4 is 5.32 Å². The first-order chi connectivity index (χ1) is 10.9. The lowest BCUT2D eigenvalue weighted by Crippen LogP contribution is -2.30. The summed E-state index contributed by atoms with van der Waals surface area (Å²) in [7, 11) is 0. The molecule has 0 radical (unpaired) electrons. The normalized spacial score (nSPS) is 26.4. The summed E-state index contributed by atoms with van der Waals surface area (Å²) >= 11 is 2.10. The summed E-state index contributed by atoms with van der Waals surface area (Å²) in [4.78, 5) is 9.56. The van der Waals surface area contributed by atoms with Crippen molar-refractivity contribution in [3.05, 3.63) is 24.2 Å². The lowest BCUT2D eigenvalue weighted by Gasteiger charge is -2.26. The topological polar surface area (TPSA) is 42.7 Å². The van der Waals surface area contributed by atoms with Gasteiger partial charge in [-0.05, 0) is 61.8 Å². The van der Waals surface area contributed by atoms with Crippen LogP contribution in [0.4, 0.5) is 0 Å². The lowest BCUT2D eigenvalue weighted by molar-refractivity contribution is 0.369. The first-order valence-electron chi connectivity index (χ1n) is 8.54. The van der Waals surface area contributed by atoms with Crippen molar-refractivity contribution in [1.29, 1.82) is 0 Å². The van der Waals surface area contributed by atoms with Gasteiger partial charge in [-0.2, -0.15) is 11.8 Å². The van der Waals surface area contributed by atoms with Gasteiger partial charge in [0, 0.05) is 12.7 Å². The zero-order chi connectivity index (χ0) is 14.8. The van der Waals surface area contributed by atoms with Crippen molar-refractivity contribution in [2.75, 3.05) is 18.1 Å². The Hall–Kier alpha value is -1.07. The average molecular weight is 316 g/mol. The molecule has 0 aliphatic carbocycles. The molecule has 0 bridgehead atoms. The van der Waals surface area contributed by atoms with E-state index in [2.05, 4.69) is 32.7 Å². The number of aromatic nitrogens is 3. The molecule has 4 nitrogen and oxygen atoms in total. The van der Waals surface area contributed by atoms with Crippen LogP contribution in [0.5, 0.6) is 0 Å².